The van der Waals surface area contributed by atoms with Crippen molar-refractivity contribution in [3.63, 3.8) is 0 Å². The number of aromatic nitrogens is 1. The first-order valence-corrected chi connectivity index (χ1v) is 11.5. The molecule has 184 valence electrons. The van der Waals surface area contributed by atoms with Crippen molar-refractivity contribution in [2.45, 2.75) is 25.7 Å². The Bertz CT molecular complexity index is 1140. The number of rotatable bonds is 11. The molecule has 2 amide bonds. The zero-order valence-electron chi connectivity index (χ0n) is 19.1. The van der Waals surface area contributed by atoms with Crippen LogP contribution < -0.4 is 26.2 Å². The Hall–Kier alpha value is -3.85. The SMILES string of the molecule is C=C(CCNC(=O)c1cccnc1NNC1=CC=CCCC1)NC(=O)COc1ccc(Cl)c(F)c1. The molecule has 1 aromatic carbocycles. The van der Waals surface area contributed by atoms with Gasteiger partial charge in [-0.1, -0.05) is 30.3 Å². The average molecular weight is 500 g/mol. The molecule has 0 fully saturated rings. The van der Waals surface area contributed by atoms with Gasteiger partial charge in [-0.3, -0.25) is 15.0 Å². The molecule has 1 aromatic heterocycles. The summed E-state index contributed by atoms with van der Waals surface area (Å²) in [5.41, 5.74) is 7.91. The first-order chi connectivity index (χ1) is 16.9. The van der Waals surface area contributed by atoms with Crippen molar-refractivity contribution in [2.24, 2.45) is 0 Å². The van der Waals surface area contributed by atoms with Gasteiger partial charge < -0.3 is 20.8 Å². The van der Waals surface area contributed by atoms with E-state index < -0.39 is 11.7 Å². The number of carbonyl (C=O) groups is 2. The zero-order valence-corrected chi connectivity index (χ0v) is 19.8. The number of allylic oxidation sites excluding steroid dienone is 4. The Morgan fingerprint density at radius 1 is 1.23 bits per heavy atom. The molecule has 0 spiro atoms. The van der Waals surface area contributed by atoms with Crippen molar-refractivity contribution in [3.05, 3.63) is 89.1 Å². The van der Waals surface area contributed by atoms with E-state index in [9.17, 15) is 14.0 Å². The molecular formula is C25H27ClFN5O3. The minimum absolute atomic E-state index is 0.0304. The molecule has 0 unspecified atom stereocenters. The predicted octanol–water partition coefficient (Wildman–Crippen LogP) is 4.24. The second-order valence-corrected chi connectivity index (χ2v) is 8.09. The van der Waals surface area contributed by atoms with Crippen LogP contribution in [-0.2, 0) is 4.79 Å². The third kappa shape index (κ3) is 8.46. The van der Waals surface area contributed by atoms with Crippen molar-refractivity contribution < 1.29 is 18.7 Å². The van der Waals surface area contributed by atoms with E-state index in [1.54, 1.807) is 18.3 Å². The maximum atomic E-state index is 13.4. The molecule has 1 aliphatic carbocycles. The molecule has 10 heteroatoms. The van der Waals surface area contributed by atoms with Gasteiger partial charge in [0.05, 0.1) is 10.6 Å². The summed E-state index contributed by atoms with van der Waals surface area (Å²) in [6.07, 6.45) is 11.0. The number of nitrogens with zero attached hydrogens (tertiary/aromatic N) is 1. The van der Waals surface area contributed by atoms with Gasteiger partial charge in [-0.2, -0.15) is 0 Å². The Balaban J connectivity index is 1.41. The van der Waals surface area contributed by atoms with Crippen LogP contribution in [0.15, 0.2) is 72.7 Å². The van der Waals surface area contributed by atoms with E-state index in [1.807, 2.05) is 12.2 Å². The molecule has 8 nitrogen and oxygen atoms in total. The topological polar surface area (TPSA) is 104 Å². The second-order valence-electron chi connectivity index (χ2n) is 7.68. The number of hydrogen-bond acceptors (Lipinski definition) is 6. The Morgan fingerprint density at radius 3 is 2.91 bits per heavy atom. The number of amides is 2. The molecule has 4 N–H and O–H groups in total. The van der Waals surface area contributed by atoms with Crippen molar-refractivity contribution in [3.8, 4) is 5.75 Å². The Morgan fingerprint density at radius 2 is 2.09 bits per heavy atom. The van der Waals surface area contributed by atoms with Gasteiger partial charge in [0.1, 0.15) is 11.6 Å². The number of ether oxygens (including phenoxy) is 1. The fourth-order valence-electron chi connectivity index (χ4n) is 3.14. The van der Waals surface area contributed by atoms with Crippen LogP contribution in [-0.4, -0.2) is 29.9 Å². The second kappa shape index (κ2) is 13.1. The quantitative estimate of drug-likeness (QED) is 0.345. The Kier molecular flexibility index (Phi) is 9.68. The molecule has 35 heavy (non-hydrogen) atoms. The minimum Gasteiger partial charge on any atom is -0.484 e. The number of benzene rings is 1. The highest BCUT2D eigenvalue weighted by Crippen LogP contribution is 2.20. The molecular weight excluding hydrogens is 473 g/mol. The largest absolute Gasteiger partial charge is 0.484 e. The molecule has 0 bridgehead atoms. The lowest BCUT2D eigenvalue weighted by atomic mass is 10.2. The lowest BCUT2D eigenvalue weighted by Crippen LogP contribution is -2.31. The normalized spacial score (nSPS) is 12.7. The van der Waals surface area contributed by atoms with Crippen LogP contribution in [0.25, 0.3) is 0 Å². The van der Waals surface area contributed by atoms with Gasteiger partial charge >= 0.3 is 0 Å². The molecule has 0 saturated carbocycles. The summed E-state index contributed by atoms with van der Waals surface area (Å²) in [6, 6.07) is 7.25. The standard InChI is InChI=1S/C25H27ClFN5O3/c1-17(30-23(33)16-35-19-10-11-21(26)22(27)15-19)12-14-29-25(34)20-9-6-13-28-24(20)32-31-18-7-4-2-3-5-8-18/h2,4,6-7,9-11,13,15,31H,1,3,5,8,12,14,16H2,(H,28,32)(H,29,34)(H,30,33). The van der Waals surface area contributed by atoms with Crippen molar-refractivity contribution in [1.82, 2.24) is 21.0 Å². The summed E-state index contributed by atoms with van der Waals surface area (Å²) >= 11 is 5.62. The molecule has 0 atom stereocenters. The number of hydrazine groups is 1. The van der Waals surface area contributed by atoms with Crippen LogP contribution in [0.2, 0.25) is 5.02 Å². The molecule has 0 saturated heterocycles. The van der Waals surface area contributed by atoms with Gasteiger partial charge in [0.15, 0.2) is 12.4 Å². The van der Waals surface area contributed by atoms with Gasteiger partial charge in [0.25, 0.3) is 11.8 Å². The summed E-state index contributed by atoms with van der Waals surface area (Å²) in [4.78, 5) is 28.9. The van der Waals surface area contributed by atoms with Gasteiger partial charge in [-0.15, -0.1) is 0 Å². The van der Waals surface area contributed by atoms with E-state index >= 15 is 0 Å². The lowest BCUT2D eigenvalue weighted by Gasteiger charge is -2.15. The van der Waals surface area contributed by atoms with Gasteiger partial charge in [0.2, 0.25) is 0 Å². The van der Waals surface area contributed by atoms with E-state index in [0.29, 0.717) is 23.5 Å². The van der Waals surface area contributed by atoms with E-state index in [0.717, 1.165) is 31.0 Å². The lowest BCUT2D eigenvalue weighted by molar-refractivity contribution is -0.122. The highest BCUT2D eigenvalue weighted by Gasteiger charge is 2.13. The molecule has 3 rings (SSSR count). The van der Waals surface area contributed by atoms with Crippen LogP contribution in [0.1, 0.15) is 36.0 Å². The first-order valence-electron chi connectivity index (χ1n) is 11.1. The van der Waals surface area contributed by atoms with Gasteiger partial charge in [-0.05, 0) is 49.6 Å². The highest BCUT2D eigenvalue weighted by molar-refractivity contribution is 6.30. The van der Waals surface area contributed by atoms with Crippen LogP contribution >= 0.6 is 11.6 Å². The van der Waals surface area contributed by atoms with E-state index in [1.165, 1.54) is 12.1 Å². The predicted molar refractivity (Wildman–Crippen MR) is 133 cm³/mol. The smallest absolute Gasteiger partial charge is 0.262 e. The number of hydrogen-bond donors (Lipinski definition) is 4. The molecule has 1 aliphatic rings. The summed E-state index contributed by atoms with van der Waals surface area (Å²) in [6.45, 7) is 3.71. The van der Waals surface area contributed by atoms with Gasteiger partial charge in [0, 0.05) is 36.6 Å². The average Bonchev–Trinajstić information content (AvgIpc) is 3.12. The monoisotopic (exact) mass is 499 g/mol. The summed E-state index contributed by atoms with van der Waals surface area (Å²) < 4.78 is 18.7. The van der Waals surface area contributed by atoms with Crippen molar-refractivity contribution in [1.29, 1.82) is 0 Å². The number of carbonyl (C=O) groups excluding carboxylic acids is 2. The van der Waals surface area contributed by atoms with Crippen LogP contribution in [0, 0.1) is 5.82 Å². The maximum absolute atomic E-state index is 13.4. The molecule has 0 aliphatic heterocycles. The summed E-state index contributed by atoms with van der Waals surface area (Å²) in [5.74, 6) is -0.816. The number of anilines is 1. The van der Waals surface area contributed by atoms with Crippen LogP contribution in [0.3, 0.4) is 0 Å². The maximum Gasteiger partial charge on any atom is 0.262 e. The molecule has 0 radical (unpaired) electrons. The number of pyridine rings is 1. The molecule has 1 heterocycles. The minimum atomic E-state index is -0.633. The summed E-state index contributed by atoms with van der Waals surface area (Å²) in [5, 5.41) is 5.35. The third-order valence-corrected chi connectivity index (χ3v) is 5.24. The van der Waals surface area contributed by atoms with Crippen LogP contribution in [0.4, 0.5) is 10.2 Å². The zero-order chi connectivity index (χ0) is 25.0. The first kappa shape index (κ1) is 25.8. The van der Waals surface area contributed by atoms with Crippen molar-refractivity contribution in [2.75, 3.05) is 18.6 Å². The fraction of sp³-hybridized carbons (Fsp3) is 0.240. The Labute approximate surface area is 208 Å². The summed E-state index contributed by atoms with van der Waals surface area (Å²) in [7, 11) is 0. The van der Waals surface area contributed by atoms with Crippen molar-refractivity contribution >= 4 is 29.2 Å². The highest BCUT2D eigenvalue weighted by atomic mass is 35.5. The van der Waals surface area contributed by atoms with Crippen LogP contribution in [0.5, 0.6) is 5.75 Å². The van der Waals surface area contributed by atoms with Gasteiger partial charge in [-0.25, -0.2) is 9.37 Å². The number of halogens is 2. The molecule has 2 aromatic rings. The number of nitrogens with one attached hydrogen (secondary N) is 4. The van der Waals surface area contributed by atoms with E-state index in [-0.39, 0.29) is 29.8 Å². The van der Waals surface area contributed by atoms with E-state index in [4.69, 9.17) is 16.3 Å². The third-order valence-electron chi connectivity index (χ3n) is 4.93. The van der Waals surface area contributed by atoms with E-state index in [2.05, 4.69) is 39.1 Å². The fourth-order valence-corrected chi connectivity index (χ4v) is 3.26.